The number of nitro groups is 1. The molecule has 0 radical (unpaired) electrons. The Morgan fingerprint density at radius 3 is 2.38 bits per heavy atom. The molecule has 2 aromatic carbocycles. The van der Waals surface area contributed by atoms with Crippen LogP contribution in [-0.4, -0.2) is 16.9 Å². The fourth-order valence-corrected chi connectivity index (χ4v) is 2.30. The number of hydrogen-bond acceptors (Lipinski definition) is 4. The Hall–Kier alpha value is -2.89. The molecule has 1 amide bonds. The number of nitro benzene ring substituents is 1. The highest BCUT2D eigenvalue weighted by atomic mass is 16.6. The molecule has 1 unspecified atom stereocenters. The number of benzene rings is 2. The number of para-hydroxylation sites is 3. The molecule has 24 heavy (non-hydrogen) atoms. The summed E-state index contributed by atoms with van der Waals surface area (Å²) in [7, 11) is 0. The summed E-state index contributed by atoms with van der Waals surface area (Å²) in [5.41, 5.74) is 1.57. The normalized spacial score (nSPS) is 11.8. The fourth-order valence-electron chi connectivity index (χ4n) is 2.30. The first-order chi connectivity index (χ1) is 11.4. The second kappa shape index (κ2) is 7.59. The Bertz CT molecular complexity index is 743. The maximum atomic E-state index is 12.4. The third-order valence-corrected chi connectivity index (χ3v) is 3.58. The zero-order valence-corrected chi connectivity index (χ0v) is 13.9. The number of hydrogen-bond donors (Lipinski definition) is 1. The highest BCUT2D eigenvalue weighted by Crippen LogP contribution is 2.28. The summed E-state index contributed by atoms with van der Waals surface area (Å²) < 4.78 is 5.49. The number of ether oxygens (including phenoxy) is 1. The van der Waals surface area contributed by atoms with E-state index in [-0.39, 0.29) is 23.3 Å². The van der Waals surface area contributed by atoms with Crippen molar-refractivity contribution in [3.63, 3.8) is 0 Å². The Balaban J connectivity index is 2.13. The fraction of sp³-hybridized carbons (Fsp3) is 0.278. The van der Waals surface area contributed by atoms with Crippen molar-refractivity contribution in [3.05, 3.63) is 64.2 Å². The molecule has 0 heterocycles. The van der Waals surface area contributed by atoms with Crippen LogP contribution >= 0.6 is 0 Å². The highest BCUT2D eigenvalue weighted by Gasteiger charge is 2.21. The number of carbonyl (C=O) groups is 1. The zero-order chi connectivity index (χ0) is 17.7. The van der Waals surface area contributed by atoms with Crippen LogP contribution in [0.15, 0.2) is 48.5 Å². The van der Waals surface area contributed by atoms with Crippen molar-refractivity contribution < 1.29 is 14.5 Å². The molecule has 6 heteroatoms. The molecule has 0 aromatic heterocycles. The molecule has 0 bridgehead atoms. The van der Waals surface area contributed by atoms with Gasteiger partial charge in [-0.05, 0) is 30.5 Å². The maximum Gasteiger partial charge on any atom is 0.310 e. The van der Waals surface area contributed by atoms with E-state index in [1.807, 2.05) is 38.1 Å². The topological polar surface area (TPSA) is 81.5 Å². The predicted molar refractivity (Wildman–Crippen MR) is 92.3 cm³/mol. The van der Waals surface area contributed by atoms with Gasteiger partial charge in [-0.2, -0.15) is 0 Å². The summed E-state index contributed by atoms with van der Waals surface area (Å²) >= 11 is 0. The van der Waals surface area contributed by atoms with Crippen molar-refractivity contribution in [2.75, 3.05) is 5.32 Å². The molecule has 1 atom stereocenters. The minimum absolute atomic E-state index is 0.0716. The van der Waals surface area contributed by atoms with E-state index in [9.17, 15) is 14.9 Å². The Labute approximate surface area is 140 Å². The van der Waals surface area contributed by atoms with Gasteiger partial charge in [0.2, 0.25) is 0 Å². The monoisotopic (exact) mass is 328 g/mol. The van der Waals surface area contributed by atoms with E-state index in [4.69, 9.17) is 4.74 Å². The summed E-state index contributed by atoms with van der Waals surface area (Å²) in [5.74, 6) is -0.0310. The minimum Gasteiger partial charge on any atom is -0.474 e. The second-order valence-electron chi connectivity index (χ2n) is 5.72. The van der Waals surface area contributed by atoms with E-state index in [1.54, 1.807) is 19.1 Å². The number of nitrogens with one attached hydrogen (secondary N) is 1. The molecule has 1 N–H and O–H groups in total. The van der Waals surface area contributed by atoms with Crippen molar-refractivity contribution in [2.24, 2.45) is 0 Å². The molecule has 0 spiro atoms. The first-order valence-corrected chi connectivity index (χ1v) is 7.70. The quantitative estimate of drug-likeness (QED) is 0.638. The third kappa shape index (κ3) is 4.10. The van der Waals surface area contributed by atoms with E-state index in [0.717, 1.165) is 11.3 Å². The minimum atomic E-state index is -0.869. The molecule has 0 aliphatic rings. The Kier molecular flexibility index (Phi) is 5.52. The Morgan fingerprint density at radius 2 is 1.71 bits per heavy atom. The molecular formula is C18H20N2O4. The molecule has 0 saturated carbocycles. The van der Waals surface area contributed by atoms with E-state index >= 15 is 0 Å². The predicted octanol–water partition coefficient (Wildman–Crippen LogP) is 4.12. The zero-order valence-electron chi connectivity index (χ0n) is 13.9. The molecule has 6 nitrogen and oxygen atoms in total. The van der Waals surface area contributed by atoms with Gasteiger partial charge in [0.15, 0.2) is 11.9 Å². The van der Waals surface area contributed by atoms with Crippen LogP contribution in [0.3, 0.4) is 0 Å². The summed E-state index contributed by atoms with van der Waals surface area (Å²) in [4.78, 5) is 22.8. The third-order valence-electron chi connectivity index (χ3n) is 3.58. The van der Waals surface area contributed by atoms with Crippen LogP contribution in [0.5, 0.6) is 5.75 Å². The average Bonchev–Trinajstić information content (AvgIpc) is 2.55. The Morgan fingerprint density at radius 1 is 1.08 bits per heavy atom. The van der Waals surface area contributed by atoms with E-state index in [1.165, 1.54) is 12.1 Å². The molecule has 126 valence electrons. The lowest BCUT2D eigenvalue weighted by Crippen LogP contribution is -2.30. The van der Waals surface area contributed by atoms with Crippen LogP contribution in [0.1, 0.15) is 32.3 Å². The van der Waals surface area contributed by atoms with Crippen LogP contribution in [0.25, 0.3) is 0 Å². The molecule has 2 rings (SSSR count). The number of rotatable bonds is 6. The van der Waals surface area contributed by atoms with E-state index in [2.05, 4.69) is 5.32 Å². The van der Waals surface area contributed by atoms with Crippen molar-refractivity contribution in [1.82, 2.24) is 0 Å². The van der Waals surface area contributed by atoms with Crippen LogP contribution in [0.4, 0.5) is 11.4 Å². The summed E-state index contributed by atoms with van der Waals surface area (Å²) in [6, 6.07) is 13.5. The SMILES string of the molecule is CC(Oc1ccccc1[N+](=O)[O-])C(=O)Nc1ccccc1C(C)C. The van der Waals surface area contributed by atoms with E-state index in [0.29, 0.717) is 0 Å². The lowest BCUT2D eigenvalue weighted by molar-refractivity contribution is -0.386. The van der Waals surface area contributed by atoms with Gasteiger partial charge in [0.1, 0.15) is 0 Å². The summed E-state index contributed by atoms with van der Waals surface area (Å²) in [6.45, 7) is 5.64. The second-order valence-corrected chi connectivity index (χ2v) is 5.72. The number of carbonyl (C=O) groups excluding carboxylic acids is 1. The largest absolute Gasteiger partial charge is 0.474 e. The van der Waals surface area contributed by atoms with Gasteiger partial charge in [0.25, 0.3) is 5.91 Å². The highest BCUT2D eigenvalue weighted by molar-refractivity contribution is 5.94. The van der Waals surface area contributed by atoms with Gasteiger partial charge in [0.05, 0.1) is 4.92 Å². The van der Waals surface area contributed by atoms with Gasteiger partial charge >= 0.3 is 5.69 Å². The molecular weight excluding hydrogens is 308 g/mol. The van der Waals surface area contributed by atoms with Crippen molar-refractivity contribution in [1.29, 1.82) is 0 Å². The smallest absolute Gasteiger partial charge is 0.310 e. The standard InChI is InChI=1S/C18H20N2O4/c1-12(2)14-8-4-5-9-15(14)19-18(21)13(3)24-17-11-7-6-10-16(17)20(22)23/h4-13H,1-3H3,(H,19,21). The molecule has 2 aromatic rings. The van der Waals surface area contributed by atoms with Gasteiger partial charge < -0.3 is 10.1 Å². The van der Waals surface area contributed by atoms with E-state index < -0.39 is 11.0 Å². The van der Waals surface area contributed by atoms with Gasteiger partial charge in [-0.15, -0.1) is 0 Å². The number of amides is 1. The number of nitrogens with zero attached hydrogens (tertiary/aromatic N) is 1. The van der Waals surface area contributed by atoms with Gasteiger partial charge in [-0.1, -0.05) is 44.2 Å². The lowest BCUT2D eigenvalue weighted by Gasteiger charge is -2.17. The van der Waals surface area contributed by atoms with Gasteiger partial charge in [-0.3, -0.25) is 14.9 Å². The van der Waals surface area contributed by atoms with Crippen LogP contribution in [-0.2, 0) is 4.79 Å². The lowest BCUT2D eigenvalue weighted by atomic mass is 10.0. The van der Waals surface area contributed by atoms with Gasteiger partial charge in [-0.25, -0.2) is 0 Å². The van der Waals surface area contributed by atoms with Crippen molar-refractivity contribution >= 4 is 17.3 Å². The summed E-state index contributed by atoms with van der Waals surface area (Å²) in [5, 5.41) is 13.8. The van der Waals surface area contributed by atoms with Crippen LogP contribution in [0.2, 0.25) is 0 Å². The molecule has 0 aliphatic carbocycles. The van der Waals surface area contributed by atoms with Crippen molar-refractivity contribution in [3.8, 4) is 5.75 Å². The molecule has 0 aliphatic heterocycles. The van der Waals surface area contributed by atoms with Gasteiger partial charge in [0, 0.05) is 11.8 Å². The average molecular weight is 328 g/mol. The maximum absolute atomic E-state index is 12.4. The van der Waals surface area contributed by atoms with Crippen LogP contribution in [0, 0.1) is 10.1 Å². The van der Waals surface area contributed by atoms with Crippen molar-refractivity contribution in [2.45, 2.75) is 32.8 Å². The van der Waals surface area contributed by atoms with Crippen LogP contribution < -0.4 is 10.1 Å². The first-order valence-electron chi connectivity index (χ1n) is 7.70. The number of anilines is 1. The first kappa shape index (κ1) is 17.5. The summed E-state index contributed by atoms with van der Waals surface area (Å²) in [6.07, 6.45) is -0.869. The molecule has 0 saturated heterocycles. The molecule has 0 fully saturated rings.